The van der Waals surface area contributed by atoms with Crippen molar-refractivity contribution < 1.29 is 0 Å². The van der Waals surface area contributed by atoms with E-state index in [0.717, 1.165) is 25.2 Å². The Labute approximate surface area is 123 Å². The fraction of sp³-hybridized carbons (Fsp3) is 0.188. The van der Waals surface area contributed by atoms with Crippen molar-refractivity contribution in [3.8, 4) is 0 Å². The number of benzene rings is 2. The number of halogens is 1. The molecule has 0 aromatic heterocycles. The topological polar surface area (TPSA) is 53.1 Å². The van der Waals surface area contributed by atoms with Crippen molar-refractivity contribution in [3.05, 3.63) is 64.2 Å². The van der Waals surface area contributed by atoms with Crippen LogP contribution in [0.2, 0.25) is 5.02 Å². The summed E-state index contributed by atoms with van der Waals surface area (Å²) < 4.78 is 0. The van der Waals surface area contributed by atoms with Crippen molar-refractivity contribution in [1.82, 2.24) is 0 Å². The van der Waals surface area contributed by atoms with Gasteiger partial charge < -0.3 is 10.6 Å². The monoisotopic (exact) mass is 285 g/mol. The van der Waals surface area contributed by atoms with E-state index in [1.165, 1.54) is 11.1 Å². The van der Waals surface area contributed by atoms with E-state index >= 15 is 0 Å². The van der Waals surface area contributed by atoms with Crippen LogP contribution in [-0.2, 0) is 13.0 Å². The van der Waals surface area contributed by atoms with Gasteiger partial charge in [-0.1, -0.05) is 35.9 Å². The van der Waals surface area contributed by atoms with Crippen LogP contribution >= 0.6 is 11.6 Å². The van der Waals surface area contributed by atoms with Crippen LogP contribution in [-0.4, -0.2) is 12.4 Å². The number of hydrogen-bond acceptors (Lipinski definition) is 2. The Balaban J connectivity index is 1.97. The average Bonchev–Trinajstić information content (AvgIpc) is 2.46. The van der Waals surface area contributed by atoms with Crippen LogP contribution < -0.4 is 10.6 Å². The highest BCUT2D eigenvalue weighted by molar-refractivity contribution is 6.31. The van der Waals surface area contributed by atoms with E-state index in [1.54, 1.807) is 6.07 Å². The SMILES string of the molecule is N=C(N)c1cc(Cl)ccc1N1CCc2ccccc2C1. The first-order valence-corrected chi connectivity index (χ1v) is 6.98. The number of nitrogens with zero attached hydrogens (tertiary/aromatic N) is 1. The molecule has 20 heavy (non-hydrogen) atoms. The molecule has 1 aliphatic heterocycles. The van der Waals surface area contributed by atoms with Gasteiger partial charge in [-0.3, -0.25) is 5.41 Å². The highest BCUT2D eigenvalue weighted by atomic mass is 35.5. The molecule has 3 rings (SSSR count). The molecule has 4 heteroatoms. The molecule has 0 bridgehead atoms. The molecule has 3 nitrogen and oxygen atoms in total. The lowest BCUT2D eigenvalue weighted by Crippen LogP contribution is -2.32. The Hall–Kier alpha value is -2.00. The molecule has 0 saturated heterocycles. The standard InChI is InChI=1S/C16H16ClN3/c17-13-5-6-15(14(9-13)16(18)19)20-8-7-11-3-1-2-4-12(11)10-20/h1-6,9H,7-8,10H2,(H3,18,19). The number of nitrogen functional groups attached to an aromatic ring is 1. The Morgan fingerprint density at radius 1 is 1.15 bits per heavy atom. The summed E-state index contributed by atoms with van der Waals surface area (Å²) in [6.45, 7) is 1.77. The van der Waals surface area contributed by atoms with Crippen molar-refractivity contribution in [2.45, 2.75) is 13.0 Å². The number of amidine groups is 1. The van der Waals surface area contributed by atoms with Crippen LogP contribution in [0.25, 0.3) is 0 Å². The Bertz CT molecular complexity index is 667. The minimum Gasteiger partial charge on any atom is -0.384 e. The summed E-state index contributed by atoms with van der Waals surface area (Å²) in [7, 11) is 0. The van der Waals surface area contributed by atoms with Crippen LogP contribution in [0.3, 0.4) is 0 Å². The Kier molecular flexibility index (Phi) is 3.36. The lowest BCUT2D eigenvalue weighted by atomic mass is 9.98. The van der Waals surface area contributed by atoms with E-state index in [0.29, 0.717) is 10.6 Å². The third-order valence-electron chi connectivity index (χ3n) is 3.72. The molecule has 2 aromatic carbocycles. The second-order valence-corrected chi connectivity index (χ2v) is 5.45. The first kappa shape index (κ1) is 13.0. The Morgan fingerprint density at radius 2 is 1.90 bits per heavy atom. The predicted octanol–water partition coefficient (Wildman–Crippen LogP) is 3.19. The molecule has 102 valence electrons. The van der Waals surface area contributed by atoms with Gasteiger partial charge in [-0.05, 0) is 35.7 Å². The molecule has 0 saturated carbocycles. The third kappa shape index (κ3) is 2.37. The molecule has 0 amide bonds. The first-order valence-electron chi connectivity index (χ1n) is 6.61. The van der Waals surface area contributed by atoms with Crippen LogP contribution in [0.5, 0.6) is 0 Å². The van der Waals surface area contributed by atoms with E-state index in [1.807, 2.05) is 12.1 Å². The number of nitrogens with two attached hydrogens (primary N) is 1. The molecule has 3 N–H and O–H groups in total. The van der Waals surface area contributed by atoms with Gasteiger partial charge in [0.2, 0.25) is 0 Å². The molecule has 0 unspecified atom stereocenters. The number of rotatable bonds is 2. The van der Waals surface area contributed by atoms with Gasteiger partial charge in [0.25, 0.3) is 0 Å². The van der Waals surface area contributed by atoms with Crippen LogP contribution in [0, 0.1) is 5.41 Å². The van der Waals surface area contributed by atoms with Crippen molar-refractivity contribution in [2.75, 3.05) is 11.4 Å². The Morgan fingerprint density at radius 3 is 2.65 bits per heavy atom. The molecule has 0 aliphatic carbocycles. The minimum atomic E-state index is 0.0568. The molecular formula is C16H16ClN3. The molecule has 2 aromatic rings. The van der Waals surface area contributed by atoms with Crippen molar-refractivity contribution in [2.24, 2.45) is 5.73 Å². The normalized spacial score (nSPS) is 13.9. The zero-order valence-corrected chi connectivity index (χ0v) is 11.8. The maximum absolute atomic E-state index is 7.73. The smallest absolute Gasteiger partial charge is 0.124 e. The summed E-state index contributed by atoms with van der Waals surface area (Å²) in [5, 5.41) is 8.34. The zero-order chi connectivity index (χ0) is 14.1. The van der Waals surface area contributed by atoms with Gasteiger partial charge in [0.1, 0.15) is 5.84 Å². The largest absolute Gasteiger partial charge is 0.384 e. The summed E-state index contributed by atoms with van der Waals surface area (Å²) >= 11 is 6.01. The summed E-state index contributed by atoms with van der Waals surface area (Å²) in [5.74, 6) is 0.0568. The van der Waals surface area contributed by atoms with E-state index in [-0.39, 0.29) is 5.84 Å². The van der Waals surface area contributed by atoms with E-state index in [4.69, 9.17) is 22.7 Å². The van der Waals surface area contributed by atoms with Crippen LogP contribution in [0.1, 0.15) is 16.7 Å². The summed E-state index contributed by atoms with van der Waals surface area (Å²) in [4.78, 5) is 2.26. The van der Waals surface area contributed by atoms with Crippen molar-refractivity contribution >= 4 is 23.1 Å². The molecule has 0 fully saturated rings. The second kappa shape index (κ2) is 5.17. The molecule has 0 atom stereocenters. The van der Waals surface area contributed by atoms with Crippen LogP contribution in [0.4, 0.5) is 5.69 Å². The summed E-state index contributed by atoms with van der Waals surface area (Å²) in [5.41, 5.74) is 10.1. The molecule has 1 heterocycles. The van der Waals surface area contributed by atoms with Gasteiger partial charge in [-0.2, -0.15) is 0 Å². The van der Waals surface area contributed by atoms with Gasteiger partial charge in [0, 0.05) is 29.4 Å². The van der Waals surface area contributed by atoms with E-state index in [2.05, 4.69) is 29.2 Å². The predicted molar refractivity (Wildman–Crippen MR) is 83.7 cm³/mol. The summed E-state index contributed by atoms with van der Waals surface area (Å²) in [6, 6.07) is 14.1. The second-order valence-electron chi connectivity index (χ2n) is 5.02. The van der Waals surface area contributed by atoms with Crippen LogP contribution in [0.15, 0.2) is 42.5 Å². The zero-order valence-electron chi connectivity index (χ0n) is 11.1. The average molecular weight is 286 g/mol. The maximum atomic E-state index is 7.73. The highest BCUT2D eigenvalue weighted by Gasteiger charge is 2.19. The van der Waals surface area contributed by atoms with Gasteiger partial charge in [0.05, 0.1) is 0 Å². The van der Waals surface area contributed by atoms with Gasteiger partial charge in [-0.15, -0.1) is 0 Å². The highest BCUT2D eigenvalue weighted by Crippen LogP contribution is 2.29. The third-order valence-corrected chi connectivity index (χ3v) is 3.96. The number of nitrogens with one attached hydrogen (secondary N) is 1. The number of hydrogen-bond donors (Lipinski definition) is 2. The molecular weight excluding hydrogens is 270 g/mol. The van der Waals surface area contributed by atoms with Gasteiger partial charge >= 0.3 is 0 Å². The van der Waals surface area contributed by atoms with E-state index in [9.17, 15) is 0 Å². The van der Waals surface area contributed by atoms with Crippen molar-refractivity contribution in [1.29, 1.82) is 5.41 Å². The van der Waals surface area contributed by atoms with E-state index < -0.39 is 0 Å². The lowest BCUT2D eigenvalue weighted by Gasteiger charge is -2.32. The molecule has 0 spiro atoms. The minimum absolute atomic E-state index is 0.0568. The number of anilines is 1. The number of fused-ring (bicyclic) bond motifs is 1. The van der Waals surface area contributed by atoms with Gasteiger partial charge in [0.15, 0.2) is 0 Å². The van der Waals surface area contributed by atoms with Crippen molar-refractivity contribution in [3.63, 3.8) is 0 Å². The quantitative estimate of drug-likeness (QED) is 0.658. The fourth-order valence-corrected chi connectivity index (χ4v) is 2.87. The lowest BCUT2D eigenvalue weighted by molar-refractivity contribution is 0.731. The maximum Gasteiger partial charge on any atom is 0.124 e. The van der Waals surface area contributed by atoms with Gasteiger partial charge in [-0.25, -0.2) is 0 Å². The fourth-order valence-electron chi connectivity index (χ4n) is 2.70. The summed E-state index contributed by atoms with van der Waals surface area (Å²) in [6.07, 6.45) is 1.01. The molecule has 1 aliphatic rings. The molecule has 0 radical (unpaired) electrons. The first-order chi connectivity index (χ1) is 9.65.